The summed E-state index contributed by atoms with van der Waals surface area (Å²) in [6.45, 7) is 3.03. The Labute approximate surface area is 109 Å². The van der Waals surface area contributed by atoms with Crippen molar-refractivity contribution in [3.05, 3.63) is 35.4 Å². The van der Waals surface area contributed by atoms with Gasteiger partial charge in [0.05, 0.1) is 0 Å². The molecule has 1 aromatic rings. The lowest BCUT2D eigenvalue weighted by atomic mass is 9.81. The Kier molecular flexibility index (Phi) is 4.75. The van der Waals surface area contributed by atoms with Gasteiger partial charge in [-0.25, -0.2) is 0 Å². The molecule has 2 atom stereocenters. The average molecular weight is 249 g/mol. The van der Waals surface area contributed by atoms with Crippen LogP contribution in [0.2, 0.25) is 0 Å². The highest BCUT2D eigenvalue weighted by atomic mass is 16.7. The minimum Gasteiger partial charge on any atom is -0.355 e. The topological polar surface area (TPSA) is 30.5 Å². The van der Waals surface area contributed by atoms with E-state index in [0.29, 0.717) is 12.0 Å². The summed E-state index contributed by atoms with van der Waals surface area (Å²) in [6, 6.07) is 9.15. The first-order valence-electron chi connectivity index (χ1n) is 6.64. The normalized spacial score (nSPS) is 23.1. The Hall–Kier alpha value is -0.900. The average Bonchev–Trinajstić information content (AvgIpc) is 2.42. The van der Waals surface area contributed by atoms with Gasteiger partial charge in [0.1, 0.15) is 0 Å². The summed E-state index contributed by atoms with van der Waals surface area (Å²) in [5.74, 6) is 0.667. The fraction of sp³-hybridized carbons (Fsp3) is 0.600. The number of hydrogen-bond donors (Lipinski definition) is 1. The lowest BCUT2D eigenvalue weighted by Gasteiger charge is -2.31. The highest BCUT2D eigenvalue weighted by molar-refractivity contribution is 5.34. The molecule has 0 saturated heterocycles. The first kappa shape index (κ1) is 13.5. The van der Waals surface area contributed by atoms with Crippen molar-refractivity contribution in [2.24, 2.45) is 0 Å². The zero-order chi connectivity index (χ0) is 13.0. The molecule has 0 radical (unpaired) electrons. The summed E-state index contributed by atoms with van der Waals surface area (Å²) in [4.78, 5) is 0. The molecule has 1 aliphatic rings. The molecule has 0 saturated carbocycles. The standard InChI is InChI=1S/C15H23NO2/c1-11-8-9-14(16-10-15(17-2)18-3)13-7-5-4-6-12(11)13/h4-7,11,14-16H,8-10H2,1-3H3. The van der Waals surface area contributed by atoms with E-state index in [-0.39, 0.29) is 6.29 Å². The number of ether oxygens (including phenoxy) is 2. The third-order valence-corrected chi connectivity index (χ3v) is 3.85. The minimum atomic E-state index is -0.170. The highest BCUT2D eigenvalue weighted by Crippen LogP contribution is 2.36. The van der Waals surface area contributed by atoms with E-state index < -0.39 is 0 Å². The van der Waals surface area contributed by atoms with Gasteiger partial charge in [-0.1, -0.05) is 31.2 Å². The van der Waals surface area contributed by atoms with E-state index in [9.17, 15) is 0 Å². The van der Waals surface area contributed by atoms with Crippen LogP contribution in [0.4, 0.5) is 0 Å². The molecule has 0 aromatic heterocycles. The van der Waals surface area contributed by atoms with E-state index in [1.165, 1.54) is 24.0 Å². The second-order valence-electron chi connectivity index (χ2n) is 4.97. The lowest BCUT2D eigenvalue weighted by Crippen LogP contribution is -2.34. The van der Waals surface area contributed by atoms with Gasteiger partial charge < -0.3 is 14.8 Å². The third kappa shape index (κ3) is 2.91. The zero-order valence-electron chi connectivity index (χ0n) is 11.5. The summed E-state index contributed by atoms with van der Waals surface area (Å²) in [7, 11) is 3.35. The van der Waals surface area contributed by atoms with E-state index in [1.54, 1.807) is 14.2 Å². The van der Waals surface area contributed by atoms with Gasteiger partial charge in [0, 0.05) is 26.8 Å². The van der Waals surface area contributed by atoms with Gasteiger partial charge in [0.25, 0.3) is 0 Å². The number of benzene rings is 1. The Morgan fingerprint density at radius 2 is 1.83 bits per heavy atom. The fourth-order valence-corrected chi connectivity index (χ4v) is 2.72. The zero-order valence-corrected chi connectivity index (χ0v) is 11.5. The maximum Gasteiger partial charge on any atom is 0.169 e. The smallest absolute Gasteiger partial charge is 0.169 e. The number of hydrogen-bond acceptors (Lipinski definition) is 3. The van der Waals surface area contributed by atoms with E-state index >= 15 is 0 Å². The molecule has 1 aromatic carbocycles. The van der Waals surface area contributed by atoms with Crippen LogP contribution < -0.4 is 5.32 Å². The van der Waals surface area contributed by atoms with Crippen LogP contribution in [0.3, 0.4) is 0 Å². The maximum absolute atomic E-state index is 5.21. The molecule has 1 N–H and O–H groups in total. The van der Waals surface area contributed by atoms with Crippen LogP contribution in [0.15, 0.2) is 24.3 Å². The quantitative estimate of drug-likeness (QED) is 0.814. The molecule has 100 valence electrons. The van der Waals surface area contributed by atoms with Gasteiger partial charge in [-0.2, -0.15) is 0 Å². The molecular formula is C15H23NO2. The van der Waals surface area contributed by atoms with Crippen molar-refractivity contribution in [2.45, 2.75) is 38.0 Å². The van der Waals surface area contributed by atoms with Crippen LogP contribution in [-0.4, -0.2) is 27.1 Å². The summed E-state index contributed by atoms with van der Waals surface area (Å²) in [6.07, 6.45) is 2.24. The largest absolute Gasteiger partial charge is 0.355 e. The van der Waals surface area contributed by atoms with Crippen LogP contribution in [0, 0.1) is 0 Å². The predicted octanol–water partition coefficient (Wildman–Crippen LogP) is 2.83. The van der Waals surface area contributed by atoms with Crippen molar-refractivity contribution in [1.29, 1.82) is 0 Å². The second kappa shape index (κ2) is 6.32. The molecule has 3 heteroatoms. The Balaban J connectivity index is 2.05. The molecule has 0 heterocycles. The predicted molar refractivity (Wildman–Crippen MR) is 72.6 cm³/mol. The van der Waals surface area contributed by atoms with Crippen molar-refractivity contribution in [3.63, 3.8) is 0 Å². The first-order valence-corrected chi connectivity index (χ1v) is 6.64. The first-order chi connectivity index (χ1) is 8.76. The van der Waals surface area contributed by atoms with Gasteiger partial charge in [-0.15, -0.1) is 0 Å². The monoisotopic (exact) mass is 249 g/mol. The summed E-state index contributed by atoms with van der Waals surface area (Å²) in [5, 5.41) is 3.55. The van der Waals surface area contributed by atoms with Gasteiger partial charge in [0.15, 0.2) is 6.29 Å². The molecule has 3 nitrogen and oxygen atoms in total. The SMILES string of the molecule is COC(CNC1CCC(C)c2ccccc21)OC. The van der Waals surface area contributed by atoms with Crippen LogP contribution in [0.1, 0.15) is 42.9 Å². The highest BCUT2D eigenvalue weighted by Gasteiger charge is 2.24. The summed E-state index contributed by atoms with van der Waals surface area (Å²) < 4.78 is 10.4. The van der Waals surface area contributed by atoms with Crippen LogP contribution >= 0.6 is 0 Å². The summed E-state index contributed by atoms with van der Waals surface area (Å²) >= 11 is 0. The van der Waals surface area contributed by atoms with Crippen LogP contribution in [-0.2, 0) is 9.47 Å². The molecule has 0 fully saturated rings. The van der Waals surface area contributed by atoms with Crippen molar-refractivity contribution < 1.29 is 9.47 Å². The molecule has 2 rings (SSSR count). The van der Waals surface area contributed by atoms with Crippen LogP contribution in [0.5, 0.6) is 0 Å². The maximum atomic E-state index is 5.21. The molecule has 0 amide bonds. The van der Waals surface area contributed by atoms with Gasteiger partial charge in [-0.05, 0) is 29.9 Å². The molecule has 1 aliphatic carbocycles. The summed E-state index contributed by atoms with van der Waals surface area (Å²) in [5.41, 5.74) is 2.91. The number of methoxy groups -OCH3 is 2. The molecule has 0 spiro atoms. The van der Waals surface area contributed by atoms with Crippen molar-refractivity contribution >= 4 is 0 Å². The van der Waals surface area contributed by atoms with Gasteiger partial charge in [0.2, 0.25) is 0 Å². The second-order valence-corrected chi connectivity index (χ2v) is 4.97. The number of nitrogens with one attached hydrogen (secondary N) is 1. The number of fused-ring (bicyclic) bond motifs is 1. The third-order valence-electron chi connectivity index (χ3n) is 3.85. The van der Waals surface area contributed by atoms with Crippen molar-refractivity contribution in [2.75, 3.05) is 20.8 Å². The van der Waals surface area contributed by atoms with E-state index in [1.807, 2.05) is 0 Å². The van der Waals surface area contributed by atoms with Gasteiger partial charge in [-0.3, -0.25) is 0 Å². The number of rotatable bonds is 5. The molecule has 18 heavy (non-hydrogen) atoms. The Bertz CT molecular complexity index is 377. The molecule has 0 aliphatic heterocycles. The Morgan fingerprint density at radius 3 is 2.50 bits per heavy atom. The van der Waals surface area contributed by atoms with Crippen molar-refractivity contribution in [1.82, 2.24) is 5.32 Å². The fourth-order valence-electron chi connectivity index (χ4n) is 2.72. The molecule has 2 unspecified atom stereocenters. The molecule has 0 bridgehead atoms. The van der Waals surface area contributed by atoms with Crippen LogP contribution in [0.25, 0.3) is 0 Å². The van der Waals surface area contributed by atoms with Crippen molar-refractivity contribution in [3.8, 4) is 0 Å². The van der Waals surface area contributed by atoms with E-state index in [4.69, 9.17) is 9.47 Å². The lowest BCUT2D eigenvalue weighted by molar-refractivity contribution is -0.100. The van der Waals surface area contributed by atoms with E-state index in [0.717, 1.165) is 6.54 Å². The Morgan fingerprint density at radius 1 is 1.17 bits per heavy atom. The van der Waals surface area contributed by atoms with E-state index in [2.05, 4.69) is 36.5 Å². The van der Waals surface area contributed by atoms with Gasteiger partial charge >= 0.3 is 0 Å². The molecular weight excluding hydrogens is 226 g/mol. The minimum absolute atomic E-state index is 0.170.